The highest BCUT2D eigenvalue weighted by Crippen LogP contribution is 2.35. The van der Waals surface area contributed by atoms with Gasteiger partial charge in [0, 0.05) is 43.9 Å². The van der Waals surface area contributed by atoms with E-state index in [1.807, 2.05) is 31.3 Å². The molecule has 2 aliphatic rings. The lowest BCUT2D eigenvalue weighted by atomic mass is 9.89. The maximum absolute atomic E-state index is 14.8. The molecule has 0 saturated carbocycles. The van der Waals surface area contributed by atoms with Crippen LogP contribution in [-0.2, 0) is 11.2 Å². The first-order valence-electron chi connectivity index (χ1n) is 13.2. The van der Waals surface area contributed by atoms with Crippen molar-refractivity contribution in [3.05, 3.63) is 30.1 Å². The summed E-state index contributed by atoms with van der Waals surface area (Å²) in [6.45, 7) is 3.76. The number of alkyl halides is 2. The number of carbonyl (C=O) groups is 1. The summed E-state index contributed by atoms with van der Waals surface area (Å²) in [5.74, 6) is 1.06. The topological polar surface area (TPSA) is 99.8 Å². The number of hydrogen-bond acceptors (Lipinski definition) is 7. The van der Waals surface area contributed by atoms with Gasteiger partial charge in [0.05, 0.1) is 36.3 Å². The Morgan fingerprint density at radius 1 is 1.21 bits per heavy atom. The summed E-state index contributed by atoms with van der Waals surface area (Å²) < 4.78 is 29.1. The normalized spacial score (nSPS) is 21.2. The number of unbranched alkanes of at least 4 members (excludes halogenated alkanes) is 1. The molecule has 3 aromatic heterocycles. The van der Waals surface area contributed by atoms with E-state index in [0.29, 0.717) is 31.2 Å². The van der Waals surface area contributed by atoms with Gasteiger partial charge in [0.1, 0.15) is 11.7 Å². The smallest absolute Gasteiger partial charge is 0.243 e. The first kappa shape index (κ1) is 26.0. The molecule has 5 rings (SSSR count). The summed E-state index contributed by atoms with van der Waals surface area (Å²) in [6.07, 6.45) is 4.21. The highest BCUT2D eigenvalue weighted by molar-refractivity contribution is 5.90. The molecule has 3 aromatic rings. The summed E-state index contributed by atoms with van der Waals surface area (Å²) in [5, 5.41) is 10.9. The van der Waals surface area contributed by atoms with Crippen molar-refractivity contribution >= 4 is 34.6 Å². The quantitative estimate of drug-likeness (QED) is 0.418. The number of amides is 1. The van der Waals surface area contributed by atoms with Crippen LogP contribution in [0.2, 0.25) is 0 Å². The third-order valence-corrected chi connectivity index (χ3v) is 7.54. The van der Waals surface area contributed by atoms with Crippen molar-refractivity contribution in [2.75, 3.05) is 37.4 Å². The van der Waals surface area contributed by atoms with Gasteiger partial charge in [0.25, 0.3) is 0 Å². The molecule has 38 heavy (non-hydrogen) atoms. The molecule has 0 spiro atoms. The Bertz CT molecular complexity index is 1360. The number of anilines is 2. The molecule has 1 amide bonds. The monoisotopic (exact) mass is 524 g/mol. The van der Waals surface area contributed by atoms with Gasteiger partial charge >= 0.3 is 0 Å². The van der Waals surface area contributed by atoms with E-state index >= 15 is 0 Å². The highest BCUT2D eigenvalue weighted by Gasteiger charge is 2.31. The molecule has 0 aliphatic carbocycles. The van der Waals surface area contributed by atoms with Crippen molar-refractivity contribution in [1.29, 1.82) is 0 Å². The molecule has 1 fully saturated rings. The number of fused-ring (bicyclic) bond motifs is 2. The minimum Gasteiger partial charge on any atom is -0.371 e. The SMILES string of the molecule is CNc1nc(N[C@H]2CCN(C(C)=O)C[C@H]2F)nn2ccc(-c3ccc4c(n3)CC(CCCCF)C(C)=N4)c12. The second-order valence-electron chi connectivity index (χ2n) is 10.1. The number of likely N-dealkylation sites (tertiary alicyclic amines) is 1. The number of aromatic nitrogens is 4. The fourth-order valence-corrected chi connectivity index (χ4v) is 5.34. The molecular formula is C27H34F2N8O. The number of nitrogens with one attached hydrogen (secondary N) is 2. The summed E-state index contributed by atoms with van der Waals surface area (Å²) in [4.78, 5) is 27.5. The third-order valence-electron chi connectivity index (χ3n) is 7.54. The van der Waals surface area contributed by atoms with Gasteiger partial charge in [-0.15, -0.1) is 5.10 Å². The van der Waals surface area contributed by atoms with E-state index in [0.717, 1.165) is 53.1 Å². The van der Waals surface area contributed by atoms with Gasteiger partial charge in [0.2, 0.25) is 11.9 Å². The van der Waals surface area contributed by atoms with Gasteiger partial charge in [-0.25, -0.2) is 8.91 Å². The van der Waals surface area contributed by atoms with Crippen LogP contribution < -0.4 is 10.6 Å². The number of rotatable bonds is 8. The number of hydrogen-bond donors (Lipinski definition) is 2. The zero-order valence-corrected chi connectivity index (χ0v) is 22.0. The number of carbonyl (C=O) groups excluding carboxylic acids is 1. The predicted molar refractivity (Wildman–Crippen MR) is 145 cm³/mol. The van der Waals surface area contributed by atoms with Crippen molar-refractivity contribution in [2.24, 2.45) is 10.9 Å². The number of pyridine rings is 1. The van der Waals surface area contributed by atoms with Crippen molar-refractivity contribution in [3.63, 3.8) is 0 Å². The van der Waals surface area contributed by atoms with E-state index in [1.165, 1.54) is 11.8 Å². The van der Waals surface area contributed by atoms with Crippen LogP contribution in [0.3, 0.4) is 0 Å². The van der Waals surface area contributed by atoms with Gasteiger partial charge in [-0.2, -0.15) is 4.98 Å². The molecule has 2 N–H and O–H groups in total. The van der Waals surface area contributed by atoms with Crippen LogP contribution in [0.15, 0.2) is 29.4 Å². The van der Waals surface area contributed by atoms with Crippen LogP contribution in [0.25, 0.3) is 16.8 Å². The van der Waals surface area contributed by atoms with E-state index in [-0.39, 0.29) is 25.0 Å². The number of piperidine rings is 1. The van der Waals surface area contributed by atoms with Gasteiger partial charge in [-0.05, 0) is 50.8 Å². The molecule has 0 radical (unpaired) electrons. The second kappa shape index (κ2) is 11.0. The van der Waals surface area contributed by atoms with Crippen LogP contribution in [0.1, 0.15) is 45.2 Å². The third kappa shape index (κ3) is 5.19. The molecule has 2 aliphatic heterocycles. The van der Waals surface area contributed by atoms with E-state index in [2.05, 4.69) is 20.7 Å². The van der Waals surface area contributed by atoms with Crippen LogP contribution in [0, 0.1) is 5.92 Å². The molecule has 5 heterocycles. The Balaban J connectivity index is 1.40. The molecule has 11 heteroatoms. The maximum atomic E-state index is 14.8. The van der Waals surface area contributed by atoms with E-state index in [4.69, 9.17) is 9.98 Å². The number of aliphatic imine (C=N–C) groups is 1. The van der Waals surface area contributed by atoms with Crippen molar-refractivity contribution in [2.45, 2.75) is 58.2 Å². The highest BCUT2D eigenvalue weighted by atomic mass is 19.1. The lowest BCUT2D eigenvalue weighted by Crippen LogP contribution is -2.49. The molecule has 202 valence electrons. The standard InChI is InChI=1S/C27H34F2N8O/c1-16-18(6-4-5-11-28)14-24-23(31-16)8-7-21(32-24)19-9-13-37-25(19)26(30-3)34-27(35-37)33-22-10-12-36(17(2)38)15-20(22)29/h7-9,13,18,20,22H,4-6,10-12,14-15H2,1-3H3,(H2,30,33,34,35)/t18?,20-,22+/m1/s1. The average molecular weight is 525 g/mol. The fraction of sp³-hybridized carbons (Fsp3) is 0.519. The van der Waals surface area contributed by atoms with Gasteiger partial charge < -0.3 is 15.5 Å². The van der Waals surface area contributed by atoms with Crippen molar-refractivity contribution in [1.82, 2.24) is 24.5 Å². The Labute approximate surface area is 220 Å². The zero-order chi connectivity index (χ0) is 26.8. The lowest BCUT2D eigenvalue weighted by Gasteiger charge is -2.34. The van der Waals surface area contributed by atoms with Crippen LogP contribution in [0.4, 0.5) is 26.2 Å². The predicted octanol–water partition coefficient (Wildman–Crippen LogP) is 4.61. The molecule has 0 bridgehead atoms. The van der Waals surface area contributed by atoms with Crippen LogP contribution >= 0.6 is 0 Å². The number of nitrogens with zero attached hydrogens (tertiary/aromatic N) is 6. The molecule has 0 aromatic carbocycles. The second-order valence-corrected chi connectivity index (χ2v) is 10.1. The molecular weight excluding hydrogens is 490 g/mol. The maximum Gasteiger partial charge on any atom is 0.243 e. The molecule has 3 atom stereocenters. The minimum atomic E-state index is -1.21. The van der Waals surface area contributed by atoms with E-state index in [9.17, 15) is 13.6 Å². The van der Waals surface area contributed by atoms with E-state index < -0.39 is 12.2 Å². The largest absolute Gasteiger partial charge is 0.371 e. The number of halogens is 2. The van der Waals surface area contributed by atoms with Crippen LogP contribution in [0.5, 0.6) is 0 Å². The Morgan fingerprint density at radius 3 is 2.79 bits per heavy atom. The van der Waals surface area contributed by atoms with Gasteiger partial charge in [-0.3, -0.25) is 19.2 Å². The molecule has 1 saturated heterocycles. The minimum absolute atomic E-state index is 0.0616. The van der Waals surface area contributed by atoms with Gasteiger partial charge in [0.15, 0.2) is 5.82 Å². The zero-order valence-electron chi connectivity index (χ0n) is 22.0. The lowest BCUT2D eigenvalue weighted by molar-refractivity contribution is -0.131. The van der Waals surface area contributed by atoms with E-state index in [1.54, 1.807) is 11.6 Å². The van der Waals surface area contributed by atoms with Crippen molar-refractivity contribution < 1.29 is 13.6 Å². The fourth-order valence-electron chi connectivity index (χ4n) is 5.34. The van der Waals surface area contributed by atoms with Crippen molar-refractivity contribution in [3.8, 4) is 11.3 Å². The van der Waals surface area contributed by atoms with Gasteiger partial charge in [-0.1, -0.05) is 6.42 Å². The summed E-state index contributed by atoms with van der Waals surface area (Å²) >= 11 is 0. The summed E-state index contributed by atoms with van der Waals surface area (Å²) in [6, 6.07) is 5.42. The Morgan fingerprint density at radius 2 is 2.05 bits per heavy atom. The Hall–Kier alpha value is -3.63. The Kier molecular flexibility index (Phi) is 7.53. The van der Waals surface area contributed by atoms with Crippen LogP contribution in [-0.4, -0.2) is 75.1 Å². The summed E-state index contributed by atoms with van der Waals surface area (Å²) in [7, 11) is 1.78. The molecule has 9 nitrogen and oxygen atoms in total. The first-order chi connectivity index (χ1) is 18.4. The molecule has 1 unspecified atom stereocenters. The average Bonchev–Trinajstić information content (AvgIpc) is 3.33. The first-order valence-corrected chi connectivity index (χ1v) is 13.2. The summed E-state index contributed by atoms with van der Waals surface area (Å²) in [5.41, 5.74) is 5.34.